The molecule has 136 valence electrons. The summed E-state index contributed by atoms with van der Waals surface area (Å²) < 4.78 is 4.02. The van der Waals surface area contributed by atoms with Crippen LogP contribution in [0.1, 0.15) is 32.1 Å². The average Bonchev–Trinajstić information content (AvgIpc) is 2.99. The molecule has 3 rings (SSSR count). The Bertz CT molecular complexity index is 755. The lowest BCUT2D eigenvalue weighted by Gasteiger charge is -2.51. The second-order valence-corrected chi connectivity index (χ2v) is 9.58. The average molecular weight is 401 g/mol. The first kappa shape index (κ1) is 18.7. The summed E-state index contributed by atoms with van der Waals surface area (Å²) in [7, 11) is 0. The minimum absolute atomic E-state index is 0.0509. The number of thioether (sulfide) groups is 1. The van der Waals surface area contributed by atoms with E-state index in [4.69, 9.17) is 5.73 Å². The van der Waals surface area contributed by atoms with Crippen molar-refractivity contribution < 1.29 is 14.7 Å². The Morgan fingerprint density at radius 3 is 2.80 bits per heavy atom. The molecule has 25 heavy (non-hydrogen) atoms. The standard InChI is InChI=1S/C15H20N4O3S3/c1-15(2,3)11-12(17-18-25-11)24-5-6-4-7(23)10-8(16)13(20)19(10)9(6)14(21)22/h7-8,10,23H,4-5,16H2,1-3H3,(H,21,22). The highest BCUT2D eigenvalue weighted by molar-refractivity contribution is 7.99. The quantitative estimate of drug-likeness (QED) is 0.399. The highest BCUT2D eigenvalue weighted by Gasteiger charge is 2.54. The fourth-order valence-corrected chi connectivity index (χ4v) is 5.69. The van der Waals surface area contributed by atoms with Crippen LogP contribution in [-0.2, 0) is 15.0 Å². The monoisotopic (exact) mass is 400 g/mol. The van der Waals surface area contributed by atoms with Crippen molar-refractivity contribution in [3.63, 3.8) is 0 Å². The maximum absolute atomic E-state index is 12.1. The van der Waals surface area contributed by atoms with Gasteiger partial charge >= 0.3 is 5.97 Å². The molecule has 2 aliphatic heterocycles. The Morgan fingerprint density at radius 1 is 1.52 bits per heavy atom. The van der Waals surface area contributed by atoms with Gasteiger partial charge < -0.3 is 10.8 Å². The third-order valence-electron chi connectivity index (χ3n) is 4.34. The van der Waals surface area contributed by atoms with E-state index in [2.05, 4.69) is 43.0 Å². The van der Waals surface area contributed by atoms with Gasteiger partial charge in [0, 0.05) is 16.4 Å². The van der Waals surface area contributed by atoms with E-state index in [1.165, 1.54) is 28.2 Å². The molecule has 1 fully saturated rings. The van der Waals surface area contributed by atoms with Crippen LogP contribution in [0, 0.1) is 0 Å². The largest absolute Gasteiger partial charge is 0.477 e. The number of aliphatic carboxylic acids is 1. The van der Waals surface area contributed by atoms with E-state index in [1.807, 2.05) is 0 Å². The van der Waals surface area contributed by atoms with Crippen LogP contribution in [0.15, 0.2) is 16.3 Å². The molecule has 10 heteroatoms. The Hall–Kier alpha value is -1.10. The Balaban J connectivity index is 1.87. The normalized spacial score (nSPS) is 26.5. The van der Waals surface area contributed by atoms with E-state index in [0.29, 0.717) is 17.7 Å². The van der Waals surface area contributed by atoms with E-state index in [0.717, 1.165) is 9.90 Å². The third kappa shape index (κ3) is 3.20. The number of rotatable bonds is 4. The topological polar surface area (TPSA) is 109 Å². The van der Waals surface area contributed by atoms with Gasteiger partial charge in [-0.2, -0.15) is 12.6 Å². The molecule has 1 aromatic rings. The molecule has 7 nitrogen and oxygen atoms in total. The van der Waals surface area contributed by atoms with Gasteiger partial charge in [0.1, 0.15) is 16.8 Å². The summed E-state index contributed by atoms with van der Waals surface area (Å²) in [4.78, 5) is 26.2. The molecule has 0 radical (unpaired) electrons. The second-order valence-electron chi connectivity index (χ2n) is 7.20. The van der Waals surface area contributed by atoms with E-state index < -0.39 is 12.0 Å². The number of β-lactam (4-membered cyclic amide) rings is 1. The summed E-state index contributed by atoms with van der Waals surface area (Å²) in [6, 6.07) is -1.01. The zero-order valence-electron chi connectivity index (χ0n) is 14.1. The SMILES string of the molecule is CC(C)(C)c1snnc1SCC1=C(C(=O)O)N2C(=O)C(N)C2C(S)C1. The summed E-state index contributed by atoms with van der Waals surface area (Å²) in [5, 5.41) is 14.4. The molecule has 3 atom stereocenters. The van der Waals surface area contributed by atoms with Crippen LogP contribution in [0.3, 0.4) is 0 Å². The van der Waals surface area contributed by atoms with E-state index in [-0.39, 0.29) is 28.3 Å². The molecular formula is C15H20N4O3S3. The van der Waals surface area contributed by atoms with Gasteiger partial charge in [0.05, 0.1) is 10.9 Å². The second kappa shape index (κ2) is 6.57. The van der Waals surface area contributed by atoms with Gasteiger partial charge in [-0.25, -0.2) is 4.79 Å². The minimum Gasteiger partial charge on any atom is -0.477 e. The zero-order chi connectivity index (χ0) is 18.5. The van der Waals surface area contributed by atoms with Crippen LogP contribution in [0.2, 0.25) is 0 Å². The third-order valence-corrected chi connectivity index (χ3v) is 7.16. The van der Waals surface area contributed by atoms with Crippen LogP contribution in [0.25, 0.3) is 0 Å². The molecular weight excluding hydrogens is 380 g/mol. The number of fused-ring (bicyclic) bond motifs is 1. The van der Waals surface area contributed by atoms with Gasteiger partial charge in [0.25, 0.3) is 0 Å². The summed E-state index contributed by atoms with van der Waals surface area (Å²) in [6.45, 7) is 6.26. The summed E-state index contributed by atoms with van der Waals surface area (Å²) in [6.07, 6.45) is 0.488. The molecule has 3 N–H and O–H groups in total. The molecule has 1 amide bonds. The van der Waals surface area contributed by atoms with Gasteiger partial charge in [-0.3, -0.25) is 9.69 Å². The number of carboxylic acid groups (broad SMARTS) is 1. The summed E-state index contributed by atoms with van der Waals surface area (Å²) >= 11 is 7.34. The lowest BCUT2D eigenvalue weighted by molar-refractivity contribution is -0.152. The molecule has 3 heterocycles. The van der Waals surface area contributed by atoms with Crippen molar-refractivity contribution in [1.82, 2.24) is 14.5 Å². The van der Waals surface area contributed by atoms with Crippen molar-refractivity contribution in [2.45, 2.75) is 55.0 Å². The number of nitrogens with two attached hydrogens (primary N) is 1. The number of carbonyl (C=O) groups is 2. The predicted molar refractivity (Wildman–Crippen MR) is 100.0 cm³/mol. The highest BCUT2D eigenvalue weighted by Crippen LogP contribution is 2.41. The van der Waals surface area contributed by atoms with Crippen LogP contribution < -0.4 is 5.73 Å². The van der Waals surface area contributed by atoms with Gasteiger partial charge in [-0.15, -0.1) is 5.10 Å². The molecule has 0 spiro atoms. The van der Waals surface area contributed by atoms with Gasteiger partial charge in [-0.05, 0) is 23.5 Å². The molecule has 1 saturated heterocycles. The molecule has 0 saturated carbocycles. The number of thiol groups is 1. The Morgan fingerprint density at radius 2 is 2.20 bits per heavy atom. The lowest BCUT2D eigenvalue weighted by Crippen LogP contribution is -2.73. The van der Waals surface area contributed by atoms with Crippen molar-refractivity contribution in [2.75, 3.05) is 5.75 Å². The number of carboxylic acids is 1. The molecule has 0 aliphatic carbocycles. The number of amides is 1. The van der Waals surface area contributed by atoms with Crippen molar-refractivity contribution in [1.29, 1.82) is 0 Å². The predicted octanol–water partition coefficient (Wildman–Crippen LogP) is 1.51. The van der Waals surface area contributed by atoms with Gasteiger partial charge in [-0.1, -0.05) is 37.0 Å². The Labute approximate surface area is 159 Å². The number of hydrogen-bond acceptors (Lipinski definition) is 8. The first-order chi connectivity index (χ1) is 11.6. The molecule has 0 aromatic carbocycles. The smallest absolute Gasteiger partial charge is 0.352 e. The van der Waals surface area contributed by atoms with Crippen molar-refractivity contribution in [3.05, 3.63) is 16.1 Å². The number of hydrogen-bond donors (Lipinski definition) is 3. The fourth-order valence-electron chi connectivity index (χ4n) is 3.11. The highest BCUT2D eigenvalue weighted by atomic mass is 32.2. The molecule has 0 bridgehead atoms. The van der Waals surface area contributed by atoms with Crippen LogP contribution in [-0.4, -0.2) is 54.6 Å². The fraction of sp³-hybridized carbons (Fsp3) is 0.600. The first-order valence-corrected chi connectivity index (χ1v) is 10.1. The van der Waals surface area contributed by atoms with Crippen molar-refractivity contribution in [2.24, 2.45) is 5.73 Å². The first-order valence-electron chi connectivity index (χ1n) is 7.80. The summed E-state index contributed by atoms with van der Waals surface area (Å²) in [5.74, 6) is -1.03. The maximum Gasteiger partial charge on any atom is 0.352 e. The van der Waals surface area contributed by atoms with E-state index in [1.54, 1.807) is 0 Å². The maximum atomic E-state index is 12.1. The van der Waals surface area contributed by atoms with Gasteiger partial charge in [0.2, 0.25) is 5.91 Å². The van der Waals surface area contributed by atoms with Crippen molar-refractivity contribution in [3.8, 4) is 0 Å². The molecule has 1 aromatic heterocycles. The summed E-state index contributed by atoms with van der Waals surface area (Å²) in [5.41, 5.74) is 6.47. The minimum atomic E-state index is -1.10. The molecule has 2 aliphatic rings. The van der Waals surface area contributed by atoms with Crippen LogP contribution in [0.5, 0.6) is 0 Å². The van der Waals surface area contributed by atoms with Gasteiger partial charge in [0.15, 0.2) is 0 Å². The molecule has 3 unspecified atom stereocenters. The Kier molecular flexibility index (Phi) is 4.91. The zero-order valence-corrected chi connectivity index (χ0v) is 16.6. The number of nitrogens with zero attached hydrogens (tertiary/aromatic N) is 3. The van der Waals surface area contributed by atoms with E-state index >= 15 is 0 Å². The van der Waals surface area contributed by atoms with E-state index in [9.17, 15) is 14.7 Å². The van der Waals surface area contributed by atoms with Crippen LogP contribution in [0.4, 0.5) is 0 Å². The number of carbonyl (C=O) groups excluding carboxylic acids is 1. The van der Waals surface area contributed by atoms with Crippen LogP contribution >= 0.6 is 35.9 Å². The number of aromatic nitrogens is 2. The van der Waals surface area contributed by atoms with Crippen molar-refractivity contribution >= 4 is 47.8 Å². The lowest BCUT2D eigenvalue weighted by atomic mass is 9.84.